The number of nitrogen functional groups attached to an aromatic ring is 1. The van der Waals surface area contributed by atoms with Crippen molar-refractivity contribution in [3.8, 4) is 0 Å². The maximum absolute atomic E-state index is 5.44. The van der Waals surface area contributed by atoms with Gasteiger partial charge in [-0.1, -0.05) is 0 Å². The van der Waals surface area contributed by atoms with E-state index in [9.17, 15) is 0 Å². The summed E-state index contributed by atoms with van der Waals surface area (Å²) in [6, 6.07) is 1.83. The first-order valence-electron chi connectivity index (χ1n) is 4.05. The third kappa shape index (κ3) is 1.47. The van der Waals surface area contributed by atoms with E-state index in [2.05, 4.69) is 22.2 Å². The van der Waals surface area contributed by atoms with E-state index in [1.807, 2.05) is 6.07 Å². The molecule has 4 heteroatoms. The maximum atomic E-state index is 5.44. The van der Waals surface area contributed by atoms with Crippen LogP contribution in [0.15, 0.2) is 12.3 Å². The van der Waals surface area contributed by atoms with Gasteiger partial charge in [0.05, 0.1) is 0 Å². The lowest BCUT2D eigenvalue weighted by Crippen LogP contribution is -2.17. The van der Waals surface area contributed by atoms with Gasteiger partial charge in [0.25, 0.3) is 0 Å². The lowest BCUT2D eigenvalue weighted by atomic mass is 10.3. The van der Waals surface area contributed by atoms with E-state index in [1.54, 1.807) is 6.20 Å². The highest BCUT2D eigenvalue weighted by Gasteiger charge is 2.37. The van der Waals surface area contributed by atoms with Crippen LogP contribution in [-0.4, -0.2) is 15.5 Å². The summed E-state index contributed by atoms with van der Waals surface area (Å²) in [4.78, 5) is 7.87. The van der Waals surface area contributed by atoms with Crippen molar-refractivity contribution in [2.75, 3.05) is 11.1 Å². The van der Waals surface area contributed by atoms with Gasteiger partial charge >= 0.3 is 0 Å². The molecule has 1 aliphatic rings. The van der Waals surface area contributed by atoms with Gasteiger partial charge in [-0.05, 0) is 25.8 Å². The molecule has 0 unspecified atom stereocenters. The lowest BCUT2D eigenvalue weighted by molar-refractivity contribution is 0.820. The van der Waals surface area contributed by atoms with Crippen LogP contribution in [0, 0.1) is 0 Å². The Labute approximate surface area is 71.2 Å². The van der Waals surface area contributed by atoms with Crippen molar-refractivity contribution in [3.63, 3.8) is 0 Å². The second-order valence-electron chi connectivity index (χ2n) is 3.49. The molecule has 3 N–H and O–H groups in total. The second kappa shape index (κ2) is 2.33. The Morgan fingerprint density at radius 2 is 2.33 bits per heavy atom. The summed E-state index contributed by atoms with van der Waals surface area (Å²) in [7, 11) is 0. The van der Waals surface area contributed by atoms with E-state index >= 15 is 0 Å². The highest BCUT2D eigenvalue weighted by molar-refractivity contribution is 5.41. The third-order valence-corrected chi connectivity index (χ3v) is 2.10. The van der Waals surface area contributed by atoms with Crippen molar-refractivity contribution in [2.45, 2.75) is 25.3 Å². The van der Waals surface area contributed by atoms with Crippen LogP contribution in [0.4, 0.5) is 11.8 Å². The van der Waals surface area contributed by atoms with E-state index < -0.39 is 0 Å². The fourth-order valence-electron chi connectivity index (χ4n) is 1.07. The Morgan fingerprint density at radius 3 is 2.92 bits per heavy atom. The Kier molecular flexibility index (Phi) is 1.43. The average molecular weight is 164 g/mol. The first-order chi connectivity index (χ1) is 5.68. The minimum absolute atomic E-state index is 0.251. The smallest absolute Gasteiger partial charge is 0.221 e. The number of anilines is 2. The highest BCUT2D eigenvalue weighted by atomic mass is 15.1. The number of hydrogen-bond acceptors (Lipinski definition) is 4. The van der Waals surface area contributed by atoms with Gasteiger partial charge < -0.3 is 11.1 Å². The molecule has 2 rings (SSSR count). The van der Waals surface area contributed by atoms with Crippen LogP contribution in [0.25, 0.3) is 0 Å². The zero-order chi connectivity index (χ0) is 8.60. The van der Waals surface area contributed by atoms with Crippen LogP contribution in [0.5, 0.6) is 0 Å². The fraction of sp³-hybridized carbons (Fsp3) is 0.500. The molecule has 4 nitrogen and oxygen atoms in total. The van der Waals surface area contributed by atoms with Crippen molar-refractivity contribution >= 4 is 11.8 Å². The summed E-state index contributed by atoms with van der Waals surface area (Å²) in [5.41, 5.74) is 5.69. The van der Waals surface area contributed by atoms with Gasteiger partial charge in [0.15, 0.2) is 0 Å². The van der Waals surface area contributed by atoms with Crippen molar-refractivity contribution in [1.82, 2.24) is 9.97 Å². The quantitative estimate of drug-likeness (QED) is 0.685. The normalized spacial score (nSPS) is 18.8. The molecule has 1 fully saturated rings. The summed E-state index contributed by atoms with van der Waals surface area (Å²) in [5, 5.41) is 3.30. The number of hydrogen-bond donors (Lipinski definition) is 2. The van der Waals surface area contributed by atoms with Crippen LogP contribution in [0.1, 0.15) is 19.8 Å². The maximum Gasteiger partial charge on any atom is 0.221 e. The Balaban J connectivity index is 2.12. The molecule has 1 aromatic heterocycles. The number of rotatable bonds is 2. The molecule has 1 saturated carbocycles. The molecule has 0 saturated heterocycles. The zero-order valence-electron chi connectivity index (χ0n) is 7.04. The topological polar surface area (TPSA) is 63.8 Å². The monoisotopic (exact) mass is 164 g/mol. The van der Waals surface area contributed by atoms with E-state index in [1.165, 1.54) is 12.8 Å². The molecule has 0 amide bonds. The molecule has 1 aromatic rings. The molecule has 0 aromatic carbocycles. The first kappa shape index (κ1) is 7.34. The molecule has 0 bridgehead atoms. The average Bonchev–Trinajstić information content (AvgIpc) is 2.67. The van der Waals surface area contributed by atoms with Crippen LogP contribution in [0.3, 0.4) is 0 Å². The number of aromatic nitrogens is 2. The van der Waals surface area contributed by atoms with E-state index in [4.69, 9.17) is 5.73 Å². The molecule has 0 aliphatic heterocycles. The molecule has 1 heterocycles. The van der Waals surface area contributed by atoms with Gasteiger partial charge in [-0.15, -0.1) is 0 Å². The Hall–Kier alpha value is -1.32. The van der Waals surface area contributed by atoms with Gasteiger partial charge in [-0.25, -0.2) is 4.98 Å². The van der Waals surface area contributed by atoms with Crippen LogP contribution in [0.2, 0.25) is 0 Å². The summed E-state index contributed by atoms with van der Waals surface area (Å²) < 4.78 is 0. The predicted octanol–water partition coefficient (Wildman–Crippen LogP) is 1.02. The molecular weight excluding hydrogens is 152 g/mol. The minimum Gasteiger partial charge on any atom is -0.368 e. The third-order valence-electron chi connectivity index (χ3n) is 2.10. The molecule has 64 valence electrons. The zero-order valence-corrected chi connectivity index (χ0v) is 7.04. The van der Waals surface area contributed by atoms with Crippen LogP contribution >= 0.6 is 0 Å². The summed E-state index contributed by atoms with van der Waals surface area (Å²) in [6.07, 6.45) is 4.07. The van der Waals surface area contributed by atoms with Crippen molar-refractivity contribution in [2.24, 2.45) is 0 Å². The molecule has 0 radical (unpaired) electrons. The first-order valence-corrected chi connectivity index (χ1v) is 4.05. The Bertz CT molecular complexity index is 293. The van der Waals surface area contributed by atoms with E-state index in [0.717, 1.165) is 5.82 Å². The standard InChI is InChI=1S/C8H12N4/c1-8(3-4-8)12-6-2-5-10-7(9)11-6/h2,5H,3-4H2,1H3,(H3,9,10,11,12). The Morgan fingerprint density at radius 1 is 1.58 bits per heavy atom. The number of nitrogens with one attached hydrogen (secondary N) is 1. The lowest BCUT2D eigenvalue weighted by Gasteiger charge is -2.11. The van der Waals surface area contributed by atoms with Gasteiger partial charge in [0, 0.05) is 11.7 Å². The van der Waals surface area contributed by atoms with Crippen molar-refractivity contribution < 1.29 is 0 Å². The minimum atomic E-state index is 0.251. The van der Waals surface area contributed by atoms with Gasteiger partial charge in [0.2, 0.25) is 5.95 Å². The second-order valence-corrected chi connectivity index (χ2v) is 3.49. The van der Waals surface area contributed by atoms with E-state index in [0.29, 0.717) is 5.95 Å². The van der Waals surface area contributed by atoms with Crippen molar-refractivity contribution in [3.05, 3.63) is 12.3 Å². The van der Waals surface area contributed by atoms with Gasteiger partial charge in [0.1, 0.15) is 5.82 Å². The molecule has 12 heavy (non-hydrogen) atoms. The summed E-state index contributed by atoms with van der Waals surface area (Å²) >= 11 is 0. The number of nitrogens with zero attached hydrogens (tertiary/aromatic N) is 2. The fourth-order valence-corrected chi connectivity index (χ4v) is 1.07. The van der Waals surface area contributed by atoms with Crippen LogP contribution < -0.4 is 11.1 Å². The van der Waals surface area contributed by atoms with E-state index in [-0.39, 0.29) is 5.54 Å². The largest absolute Gasteiger partial charge is 0.368 e. The predicted molar refractivity (Wildman–Crippen MR) is 47.7 cm³/mol. The summed E-state index contributed by atoms with van der Waals surface area (Å²) in [5.74, 6) is 1.15. The molecular formula is C8H12N4. The number of nitrogens with two attached hydrogens (primary N) is 1. The van der Waals surface area contributed by atoms with Gasteiger partial charge in [-0.2, -0.15) is 4.98 Å². The SMILES string of the molecule is CC1(Nc2ccnc(N)n2)CC1. The molecule has 1 aliphatic carbocycles. The highest BCUT2D eigenvalue weighted by Crippen LogP contribution is 2.37. The van der Waals surface area contributed by atoms with Crippen LogP contribution in [-0.2, 0) is 0 Å². The van der Waals surface area contributed by atoms with Gasteiger partial charge in [-0.3, -0.25) is 0 Å². The van der Waals surface area contributed by atoms with Crippen molar-refractivity contribution in [1.29, 1.82) is 0 Å². The molecule has 0 spiro atoms. The molecule has 0 atom stereocenters. The summed E-state index contributed by atoms with van der Waals surface area (Å²) in [6.45, 7) is 2.17.